The quantitative estimate of drug-likeness (QED) is 0.510. The Morgan fingerprint density at radius 2 is 2.22 bits per heavy atom. The summed E-state index contributed by atoms with van der Waals surface area (Å²) in [6.07, 6.45) is 7.96. The molecule has 0 radical (unpaired) electrons. The highest BCUT2D eigenvalue weighted by molar-refractivity contribution is 7.11. The van der Waals surface area contributed by atoms with Crippen LogP contribution in [-0.4, -0.2) is 54.6 Å². The van der Waals surface area contributed by atoms with Crippen LogP contribution in [0.15, 0.2) is 34.0 Å². The Hall–Kier alpha value is -1.86. The normalized spacial score (nSPS) is 18.1. The van der Waals surface area contributed by atoms with Crippen LogP contribution in [0.2, 0.25) is 0 Å². The molecule has 3 rings (SSSR count). The van der Waals surface area contributed by atoms with Crippen molar-refractivity contribution in [2.24, 2.45) is 4.99 Å². The Labute approximate surface area is 166 Å². The van der Waals surface area contributed by atoms with E-state index in [1.54, 1.807) is 17.6 Å². The number of aryl methyl sites for hydroxylation is 1. The number of likely N-dealkylation sites (N-methyl/N-ethyl adjacent to an activating group) is 1. The maximum absolute atomic E-state index is 5.41. The van der Waals surface area contributed by atoms with Crippen molar-refractivity contribution in [3.63, 3.8) is 0 Å². The molecule has 6 nitrogen and oxygen atoms in total. The van der Waals surface area contributed by atoms with Crippen molar-refractivity contribution in [1.82, 2.24) is 20.5 Å². The molecule has 3 heterocycles. The van der Waals surface area contributed by atoms with Crippen LogP contribution in [0, 0.1) is 6.92 Å². The van der Waals surface area contributed by atoms with Gasteiger partial charge >= 0.3 is 0 Å². The van der Waals surface area contributed by atoms with Gasteiger partial charge in [0.05, 0.1) is 17.8 Å². The number of likely N-dealkylation sites (tertiary alicyclic amines) is 1. The molecule has 7 heteroatoms. The molecule has 0 aromatic carbocycles. The predicted octanol–water partition coefficient (Wildman–Crippen LogP) is 2.85. The van der Waals surface area contributed by atoms with E-state index in [0.29, 0.717) is 6.04 Å². The number of hydrogen-bond donors (Lipinski definition) is 2. The number of nitrogens with one attached hydrogen (secondary N) is 2. The first-order valence-electron chi connectivity index (χ1n) is 9.94. The first-order valence-corrected chi connectivity index (χ1v) is 10.8. The van der Waals surface area contributed by atoms with Crippen molar-refractivity contribution < 1.29 is 4.42 Å². The molecule has 1 unspecified atom stereocenters. The fourth-order valence-corrected chi connectivity index (χ4v) is 4.24. The number of thiazole rings is 1. The second-order valence-corrected chi connectivity index (χ2v) is 8.23. The molecular weight excluding hydrogens is 358 g/mol. The predicted molar refractivity (Wildman–Crippen MR) is 112 cm³/mol. The Morgan fingerprint density at radius 3 is 2.93 bits per heavy atom. The summed E-state index contributed by atoms with van der Waals surface area (Å²) in [6.45, 7) is 9.13. The Balaban J connectivity index is 1.50. The van der Waals surface area contributed by atoms with Gasteiger partial charge in [-0.05, 0) is 45.0 Å². The number of hydrogen-bond acceptors (Lipinski definition) is 5. The lowest BCUT2D eigenvalue weighted by Gasteiger charge is -2.21. The van der Waals surface area contributed by atoms with Gasteiger partial charge in [0.25, 0.3) is 0 Å². The lowest BCUT2D eigenvalue weighted by molar-refractivity contribution is 0.273. The van der Waals surface area contributed by atoms with E-state index in [2.05, 4.69) is 34.4 Å². The third-order valence-electron chi connectivity index (χ3n) is 4.91. The minimum Gasteiger partial charge on any atom is -0.469 e. The number of furan rings is 1. The van der Waals surface area contributed by atoms with Crippen molar-refractivity contribution in [2.45, 2.75) is 45.6 Å². The largest absolute Gasteiger partial charge is 0.469 e. The highest BCUT2D eigenvalue weighted by Gasteiger charge is 2.22. The van der Waals surface area contributed by atoms with E-state index in [1.807, 2.05) is 18.3 Å². The zero-order valence-corrected chi connectivity index (χ0v) is 17.2. The van der Waals surface area contributed by atoms with Crippen LogP contribution in [0.25, 0.3) is 0 Å². The maximum atomic E-state index is 5.41. The molecule has 1 aliphatic rings. The third-order valence-corrected chi connectivity index (χ3v) is 5.88. The molecule has 2 aromatic rings. The van der Waals surface area contributed by atoms with Crippen molar-refractivity contribution in [1.29, 1.82) is 0 Å². The van der Waals surface area contributed by atoms with Crippen LogP contribution in [0.5, 0.6) is 0 Å². The fraction of sp³-hybridized carbons (Fsp3) is 0.600. The molecule has 0 bridgehead atoms. The smallest absolute Gasteiger partial charge is 0.191 e. The lowest BCUT2D eigenvalue weighted by atomic mass is 10.2. The van der Waals surface area contributed by atoms with Gasteiger partial charge in [0.15, 0.2) is 5.96 Å². The number of rotatable bonds is 9. The number of aromatic nitrogens is 1. The zero-order valence-electron chi connectivity index (χ0n) is 16.4. The van der Waals surface area contributed by atoms with Crippen LogP contribution in [-0.2, 0) is 12.8 Å². The summed E-state index contributed by atoms with van der Waals surface area (Å²) in [4.78, 5) is 13.1. The standard InChI is InChI=1S/C20H31N5OS/c1-3-25-12-4-6-17(25)15-24-20(21-10-8-18-7-5-13-26-18)22-11-9-19-23-14-16(2)27-19/h5,7,13-14,17H,3-4,6,8-12,15H2,1-2H3,(H2,21,22,24). The van der Waals surface area contributed by atoms with Crippen molar-refractivity contribution in [2.75, 3.05) is 32.7 Å². The fourth-order valence-electron chi connectivity index (χ4n) is 3.45. The van der Waals surface area contributed by atoms with Gasteiger partial charge in [-0.1, -0.05) is 6.92 Å². The van der Waals surface area contributed by atoms with Gasteiger partial charge in [-0.2, -0.15) is 0 Å². The molecule has 2 aromatic heterocycles. The zero-order chi connectivity index (χ0) is 18.9. The molecule has 1 atom stereocenters. The molecule has 148 valence electrons. The summed E-state index contributed by atoms with van der Waals surface area (Å²) in [7, 11) is 0. The molecule has 0 saturated carbocycles. The van der Waals surface area contributed by atoms with E-state index in [1.165, 1.54) is 29.3 Å². The minimum atomic E-state index is 0.570. The van der Waals surface area contributed by atoms with Gasteiger partial charge in [-0.3, -0.25) is 9.89 Å². The molecule has 2 N–H and O–H groups in total. The molecular formula is C20H31N5OS. The maximum Gasteiger partial charge on any atom is 0.191 e. The van der Waals surface area contributed by atoms with E-state index in [9.17, 15) is 0 Å². The van der Waals surface area contributed by atoms with Gasteiger partial charge in [-0.25, -0.2) is 4.98 Å². The van der Waals surface area contributed by atoms with E-state index >= 15 is 0 Å². The van der Waals surface area contributed by atoms with Gasteiger partial charge in [0.1, 0.15) is 5.76 Å². The van der Waals surface area contributed by atoms with Gasteiger partial charge in [0, 0.05) is 43.0 Å². The summed E-state index contributed by atoms with van der Waals surface area (Å²) in [6, 6.07) is 4.51. The SMILES string of the molecule is CCN1CCCC1CN=C(NCCc1ccco1)NCCc1ncc(C)s1. The molecule has 1 fully saturated rings. The average molecular weight is 390 g/mol. The van der Waals surface area contributed by atoms with E-state index in [0.717, 1.165) is 50.7 Å². The van der Waals surface area contributed by atoms with Crippen LogP contribution in [0.4, 0.5) is 0 Å². The molecule has 1 aliphatic heterocycles. The first-order chi connectivity index (χ1) is 13.2. The molecule has 0 spiro atoms. The Morgan fingerprint density at radius 1 is 1.37 bits per heavy atom. The minimum absolute atomic E-state index is 0.570. The lowest BCUT2D eigenvalue weighted by Crippen LogP contribution is -2.41. The summed E-state index contributed by atoms with van der Waals surface area (Å²) in [5, 5.41) is 8.09. The summed E-state index contributed by atoms with van der Waals surface area (Å²) < 4.78 is 5.41. The van der Waals surface area contributed by atoms with Crippen molar-refractivity contribution in [3.05, 3.63) is 40.2 Å². The first kappa shape index (κ1) is 19.9. The number of guanidine groups is 1. The van der Waals surface area contributed by atoms with Crippen molar-refractivity contribution in [3.8, 4) is 0 Å². The van der Waals surface area contributed by atoms with Gasteiger partial charge in [-0.15, -0.1) is 11.3 Å². The van der Waals surface area contributed by atoms with E-state index < -0.39 is 0 Å². The van der Waals surface area contributed by atoms with Crippen molar-refractivity contribution >= 4 is 17.3 Å². The van der Waals surface area contributed by atoms with E-state index in [4.69, 9.17) is 9.41 Å². The van der Waals surface area contributed by atoms with Gasteiger partial charge < -0.3 is 15.1 Å². The summed E-state index contributed by atoms with van der Waals surface area (Å²) in [5.74, 6) is 1.88. The highest BCUT2D eigenvalue weighted by Crippen LogP contribution is 2.16. The number of aliphatic imine (C=N–C) groups is 1. The monoisotopic (exact) mass is 389 g/mol. The molecule has 0 amide bonds. The number of nitrogens with zero attached hydrogens (tertiary/aromatic N) is 3. The summed E-state index contributed by atoms with van der Waals surface area (Å²) >= 11 is 1.76. The molecule has 0 aliphatic carbocycles. The van der Waals surface area contributed by atoms with Crippen LogP contribution in [0.3, 0.4) is 0 Å². The second kappa shape index (κ2) is 10.5. The van der Waals surface area contributed by atoms with Crippen LogP contribution in [0.1, 0.15) is 35.4 Å². The molecule has 1 saturated heterocycles. The third kappa shape index (κ3) is 6.36. The molecule has 27 heavy (non-hydrogen) atoms. The van der Waals surface area contributed by atoms with Crippen LogP contribution >= 0.6 is 11.3 Å². The topological polar surface area (TPSA) is 65.7 Å². The van der Waals surface area contributed by atoms with E-state index in [-0.39, 0.29) is 0 Å². The highest BCUT2D eigenvalue weighted by atomic mass is 32.1. The average Bonchev–Trinajstić information content (AvgIpc) is 3.41. The van der Waals surface area contributed by atoms with Crippen LogP contribution < -0.4 is 10.6 Å². The summed E-state index contributed by atoms with van der Waals surface area (Å²) in [5.41, 5.74) is 0. The Bertz CT molecular complexity index is 697. The Kier molecular flexibility index (Phi) is 7.71. The van der Waals surface area contributed by atoms with Gasteiger partial charge in [0.2, 0.25) is 0 Å². The second-order valence-electron chi connectivity index (χ2n) is 6.91.